The van der Waals surface area contributed by atoms with Gasteiger partial charge in [-0.2, -0.15) is 0 Å². The number of thiophene rings is 1. The number of aryl methyl sites for hydroxylation is 1. The number of anilines is 1. The molecule has 1 aromatic rings. The number of hydrogen-bond donors (Lipinski definition) is 2. The van der Waals surface area contributed by atoms with E-state index in [9.17, 15) is 19.5 Å². The van der Waals surface area contributed by atoms with Crippen LogP contribution in [0.15, 0.2) is 17.2 Å². The van der Waals surface area contributed by atoms with Crippen molar-refractivity contribution in [2.24, 2.45) is 11.8 Å². The van der Waals surface area contributed by atoms with E-state index < -0.39 is 23.8 Å². The highest BCUT2D eigenvalue weighted by Crippen LogP contribution is 2.36. The second-order valence-corrected chi connectivity index (χ2v) is 8.32. The van der Waals surface area contributed by atoms with Gasteiger partial charge in [0.25, 0.3) is 0 Å². The summed E-state index contributed by atoms with van der Waals surface area (Å²) in [5, 5.41) is 12.7. The maximum atomic E-state index is 12.8. The molecule has 1 aliphatic carbocycles. The molecule has 0 fully saturated rings. The number of carboxylic acids is 1. The third kappa shape index (κ3) is 4.52. The number of allylic oxidation sites excluding steroid dienone is 2. The van der Waals surface area contributed by atoms with E-state index in [1.807, 2.05) is 20.8 Å². The Bertz CT molecular complexity index is 762. The van der Waals surface area contributed by atoms with Crippen molar-refractivity contribution in [2.45, 2.75) is 53.6 Å². The van der Waals surface area contributed by atoms with Crippen LogP contribution in [0.1, 0.15) is 55.8 Å². The number of ether oxygens (including phenoxy) is 1. The Kier molecular flexibility index (Phi) is 6.23. The molecule has 0 aliphatic heterocycles. The number of carbonyl (C=O) groups excluding carboxylic acids is 2. The van der Waals surface area contributed by atoms with Crippen LogP contribution in [0.3, 0.4) is 0 Å². The molecule has 2 atom stereocenters. The summed E-state index contributed by atoms with van der Waals surface area (Å²) in [5.41, 5.74) is 2.37. The van der Waals surface area contributed by atoms with Crippen LogP contribution in [0.25, 0.3) is 0 Å². The van der Waals surface area contributed by atoms with Gasteiger partial charge in [0, 0.05) is 4.88 Å². The minimum atomic E-state index is -0.973. The summed E-state index contributed by atoms with van der Waals surface area (Å²) in [7, 11) is 0. The Morgan fingerprint density at radius 2 is 1.73 bits per heavy atom. The third-order valence-electron chi connectivity index (χ3n) is 4.58. The van der Waals surface area contributed by atoms with Crippen LogP contribution in [-0.2, 0) is 14.3 Å². The summed E-state index contributed by atoms with van der Waals surface area (Å²) >= 11 is 1.28. The van der Waals surface area contributed by atoms with E-state index in [1.165, 1.54) is 11.3 Å². The van der Waals surface area contributed by atoms with Crippen LogP contribution in [0.2, 0.25) is 0 Å². The number of esters is 1. The Morgan fingerprint density at radius 1 is 1.15 bits per heavy atom. The highest BCUT2D eigenvalue weighted by molar-refractivity contribution is 7.16. The van der Waals surface area contributed by atoms with Crippen LogP contribution in [0.4, 0.5) is 5.00 Å². The maximum absolute atomic E-state index is 12.8. The van der Waals surface area contributed by atoms with Crippen LogP contribution in [0, 0.1) is 18.8 Å². The molecule has 26 heavy (non-hydrogen) atoms. The first kappa shape index (κ1) is 20.2. The topological polar surface area (TPSA) is 92.7 Å². The molecular weight excluding hydrogens is 354 g/mol. The highest BCUT2D eigenvalue weighted by atomic mass is 32.1. The lowest BCUT2D eigenvalue weighted by Crippen LogP contribution is -2.36. The van der Waals surface area contributed by atoms with Gasteiger partial charge in [-0.05, 0) is 53.5 Å². The van der Waals surface area contributed by atoms with Crippen molar-refractivity contribution >= 4 is 34.2 Å². The fourth-order valence-electron chi connectivity index (χ4n) is 3.07. The second-order valence-electron chi connectivity index (χ2n) is 7.06. The second kappa shape index (κ2) is 8.03. The van der Waals surface area contributed by atoms with E-state index in [2.05, 4.69) is 5.32 Å². The first-order valence-electron chi connectivity index (χ1n) is 8.60. The summed E-state index contributed by atoms with van der Waals surface area (Å²) in [6.07, 6.45) is 0.507. The predicted octanol–water partition coefficient (Wildman–Crippen LogP) is 4.01. The SMILES string of the molecule is CC1=C(C)C[C@@H](C(=O)O)[C@@H](C(=O)Nc2sc(C)cc2C(=O)OC(C)C)C1. The molecule has 6 nitrogen and oxygen atoms in total. The number of aliphatic carboxylic acids is 1. The lowest BCUT2D eigenvalue weighted by atomic mass is 9.76. The van der Waals surface area contributed by atoms with Gasteiger partial charge in [0.05, 0.1) is 23.5 Å². The molecular formula is C19H25NO5S. The number of carboxylic acid groups (broad SMARTS) is 1. The number of carbonyl (C=O) groups is 3. The van der Waals surface area contributed by atoms with E-state index in [0.717, 1.165) is 16.0 Å². The molecule has 2 N–H and O–H groups in total. The van der Waals surface area contributed by atoms with Gasteiger partial charge in [-0.25, -0.2) is 4.79 Å². The molecule has 1 aromatic heterocycles. The van der Waals surface area contributed by atoms with Gasteiger partial charge in [0.2, 0.25) is 5.91 Å². The van der Waals surface area contributed by atoms with Gasteiger partial charge in [0.1, 0.15) is 5.00 Å². The molecule has 0 saturated heterocycles. The number of hydrogen-bond acceptors (Lipinski definition) is 5. The van der Waals surface area contributed by atoms with E-state index in [1.54, 1.807) is 19.9 Å². The zero-order valence-corrected chi connectivity index (χ0v) is 16.5. The minimum Gasteiger partial charge on any atom is -0.481 e. The largest absolute Gasteiger partial charge is 0.481 e. The standard InChI is InChI=1S/C19H25NO5S/c1-9(2)25-19(24)15-8-12(5)26-17(15)20-16(21)13-6-10(3)11(4)7-14(13)18(22)23/h8-9,13-14H,6-7H2,1-5H3,(H,20,21)(H,22,23)/t13-,14+/m0/s1. The van der Waals surface area contributed by atoms with E-state index >= 15 is 0 Å². The maximum Gasteiger partial charge on any atom is 0.341 e. The summed E-state index contributed by atoms with van der Waals surface area (Å²) in [6, 6.07) is 1.68. The normalized spacial score (nSPS) is 20.2. The molecule has 1 amide bonds. The van der Waals surface area contributed by atoms with Crippen molar-refractivity contribution in [1.82, 2.24) is 0 Å². The quantitative estimate of drug-likeness (QED) is 0.596. The van der Waals surface area contributed by atoms with Gasteiger partial charge >= 0.3 is 11.9 Å². The van der Waals surface area contributed by atoms with E-state index in [0.29, 0.717) is 23.4 Å². The molecule has 7 heteroatoms. The van der Waals surface area contributed by atoms with Crippen LogP contribution in [-0.4, -0.2) is 29.1 Å². The molecule has 0 saturated carbocycles. The van der Waals surface area contributed by atoms with Gasteiger partial charge in [-0.1, -0.05) is 11.1 Å². The monoisotopic (exact) mass is 379 g/mol. The van der Waals surface area contributed by atoms with Gasteiger partial charge in [0.15, 0.2) is 0 Å². The zero-order valence-electron chi connectivity index (χ0n) is 15.7. The van der Waals surface area contributed by atoms with Crippen molar-refractivity contribution in [1.29, 1.82) is 0 Å². The number of nitrogens with one attached hydrogen (secondary N) is 1. The smallest absolute Gasteiger partial charge is 0.341 e. The molecule has 0 aromatic carbocycles. The minimum absolute atomic E-state index is 0.267. The summed E-state index contributed by atoms with van der Waals surface area (Å²) in [4.78, 5) is 37.5. The summed E-state index contributed by atoms with van der Waals surface area (Å²) in [6.45, 7) is 9.18. The van der Waals surface area contributed by atoms with Crippen LogP contribution >= 0.6 is 11.3 Å². The Morgan fingerprint density at radius 3 is 2.27 bits per heavy atom. The first-order valence-corrected chi connectivity index (χ1v) is 9.42. The van der Waals surface area contributed by atoms with Gasteiger partial charge < -0.3 is 15.2 Å². The number of rotatable bonds is 5. The molecule has 1 aliphatic rings. The Hall–Kier alpha value is -2.15. The van der Waals surface area contributed by atoms with Crippen molar-refractivity contribution in [3.05, 3.63) is 27.7 Å². The van der Waals surface area contributed by atoms with Gasteiger partial charge in [-0.3, -0.25) is 9.59 Å². The van der Waals surface area contributed by atoms with E-state index in [4.69, 9.17) is 4.74 Å². The Labute approximate surface area is 157 Å². The summed E-state index contributed by atoms with van der Waals surface area (Å²) in [5.74, 6) is -3.26. The average molecular weight is 379 g/mol. The fraction of sp³-hybridized carbons (Fsp3) is 0.526. The first-order chi connectivity index (χ1) is 12.1. The van der Waals surface area contributed by atoms with Crippen molar-refractivity contribution in [2.75, 3.05) is 5.32 Å². The molecule has 0 unspecified atom stereocenters. The van der Waals surface area contributed by atoms with Crippen LogP contribution in [0.5, 0.6) is 0 Å². The molecule has 2 rings (SSSR count). The molecule has 142 valence electrons. The lowest BCUT2D eigenvalue weighted by molar-refractivity contribution is -0.146. The fourth-order valence-corrected chi connectivity index (χ4v) is 3.97. The molecule has 0 radical (unpaired) electrons. The average Bonchev–Trinajstić information content (AvgIpc) is 2.89. The lowest BCUT2D eigenvalue weighted by Gasteiger charge is -2.29. The number of amides is 1. The van der Waals surface area contributed by atoms with Crippen LogP contribution < -0.4 is 5.32 Å². The van der Waals surface area contributed by atoms with Crippen molar-refractivity contribution < 1.29 is 24.2 Å². The zero-order chi connectivity index (χ0) is 19.6. The third-order valence-corrected chi connectivity index (χ3v) is 5.54. The van der Waals surface area contributed by atoms with Gasteiger partial charge in [-0.15, -0.1) is 11.3 Å². The highest BCUT2D eigenvalue weighted by Gasteiger charge is 2.37. The molecule has 0 bridgehead atoms. The Balaban J connectivity index is 2.24. The van der Waals surface area contributed by atoms with E-state index in [-0.39, 0.29) is 12.0 Å². The van der Waals surface area contributed by atoms with Crippen molar-refractivity contribution in [3.63, 3.8) is 0 Å². The molecule has 1 heterocycles. The summed E-state index contributed by atoms with van der Waals surface area (Å²) < 4.78 is 5.22. The van der Waals surface area contributed by atoms with Crippen molar-refractivity contribution in [3.8, 4) is 0 Å². The molecule has 0 spiro atoms. The predicted molar refractivity (Wildman–Crippen MR) is 100 cm³/mol.